The zero-order chi connectivity index (χ0) is 25.0. The lowest BCUT2D eigenvalue weighted by molar-refractivity contribution is 0.0474. The average molecular weight is 494 g/mol. The first-order chi connectivity index (χ1) is 16.8. The summed E-state index contributed by atoms with van der Waals surface area (Å²) in [7, 11) is -2.65. The molecule has 182 valence electrons. The summed E-state index contributed by atoms with van der Waals surface area (Å²) < 4.78 is 39.2. The fourth-order valence-corrected chi connectivity index (χ4v) is 5.82. The van der Waals surface area contributed by atoms with E-state index >= 15 is 0 Å². The summed E-state index contributed by atoms with van der Waals surface area (Å²) in [5, 5.41) is 0. The zero-order valence-electron chi connectivity index (χ0n) is 19.7. The molecule has 0 spiro atoms. The molecule has 1 heterocycles. The van der Waals surface area contributed by atoms with E-state index in [-0.39, 0.29) is 22.0 Å². The Morgan fingerprint density at radius 1 is 0.971 bits per heavy atom. The van der Waals surface area contributed by atoms with Gasteiger partial charge in [0.05, 0.1) is 18.4 Å². The van der Waals surface area contributed by atoms with Crippen LogP contribution in [0.5, 0.6) is 5.75 Å². The van der Waals surface area contributed by atoms with Crippen molar-refractivity contribution in [3.8, 4) is 5.75 Å². The van der Waals surface area contributed by atoms with E-state index in [0.717, 1.165) is 24.0 Å². The first-order valence-electron chi connectivity index (χ1n) is 11.4. The van der Waals surface area contributed by atoms with Gasteiger partial charge in [0.1, 0.15) is 10.6 Å². The molecule has 0 bridgehead atoms. The van der Waals surface area contributed by atoms with Crippen LogP contribution in [-0.2, 0) is 27.6 Å². The van der Waals surface area contributed by atoms with E-state index in [4.69, 9.17) is 9.47 Å². The van der Waals surface area contributed by atoms with Crippen LogP contribution in [0.4, 0.5) is 5.69 Å². The lowest BCUT2D eigenvalue weighted by Gasteiger charge is -2.30. The highest BCUT2D eigenvalue weighted by Crippen LogP contribution is 2.35. The number of hydrogen-bond acceptors (Lipinski definition) is 6. The van der Waals surface area contributed by atoms with Crippen LogP contribution in [0.15, 0.2) is 71.6 Å². The number of rotatable bonds is 8. The quantitative estimate of drug-likeness (QED) is 0.340. The van der Waals surface area contributed by atoms with Crippen LogP contribution in [0.3, 0.4) is 0 Å². The van der Waals surface area contributed by atoms with Crippen molar-refractivity contribution in [2.75, 3.05) is 24.6 Å². The Morgan fingerprint density at radius 3 is 2.40 bits per heavy atom. The average Bonchev–Trinajstić information content (AvgIpc) is 2.90. The van der Waals surface area contributed by atoms with Crippen LogP contribution in [0.2, 0.25) is 0 Å². The number of methoxy groups -OCH3 is 1. The maximum Gasteiger partial charge on any atom is 0.338 e. The van der Waals surface area contributed by atoms with Crippen LogP contribution in [0.25, 0.3) is 0 Å². The molecule has 8 heteroatoms. The van der Waals surface area contributed by atoms with E-state index in [1.54, 1.807) is 24.3 Å². The molecule has 4 rings (SSSR count). The zero-order valence-corrected chi connectivity index (χ0v) is 20.5. The van der Waals surface area contributed by atoms with E-state index in [1.807, 2.05) is 31.2 Å². The molecule has 0 saturated heterocycles. The number of anilines is 1. The second-order valence-electron chi connectivity index (χ2n) is 8.22. The molecule has 0 amide bonds. The third-order valence-electron chi connectivity index (χ3n) is 6.05. The highest BCUT2D eigenvalue weighted by Gasteiger charge is 2.32. The number of carbonyl (C=O) groups excluding carboxylic acids is 2. The lowest BCUT2D eigenvalue weighted by atomic mass is 10.0. The van der Waals surface area contributed by atoms with Gasteiger partial charge in [-0.25, -0.2) is 13.2 Å². The van der Waals surface area contributed by atoms with E-state index in [0.29, 0.717) is 24.2 Å². The molecule has 0 N–H and O–H groups in total. The summed E-state index contributed by atoms with van der Waals surface area (Å²) in [4.78, 5) is 25.0. The summed E-state index contributed by atoms with van der Waals surface area (Å²) in [5.41, 5.74) is 3.12. The number of Topliss-reactive ketones (excluding diaryl/α,β-unsaturated/α-hetero) is 1. The number of para-hydroxylation sites is 1. The van der Waals surface area contributed by atoms with Crippen molar-refractivity contribution >= 4 is 27.5 Å². The van der Waals surface area contributed by atoms with Crippen LogP contribution >= 0.6 is 0 Å². The maximum atomic E-state index is 13.6. The third kappa shape index (κ3) is 5.07. The summed E-state index contributed by atoms with van der Waals surface area (Å²) >= 11 is 0. The van der Waals surface area contributed by atoms with Crippen molar-refractivity contribution in [3.63, 3.8) is 0 Å². The Bertz CT molecular complexity index is 1350. The number of carbonyl (C=O) groups is 2. The predicted molar refractivity (Wildman–Crippen MR) is 133 cm³/mol. The molecule has 1 aliphatic heterocycles. The number of benzene rings is 3. The monoisotopic (exact) mass is 493 g/mol. The lowest BCUT2D eigenvalue weighted by Crippen LogP contribution is -2.35. The summed E-state index contributed by atoms with van der Waals surface area (Å²) in [5.74, 6) is -1.01. The van der Waals surface area contributed by atoms with Gasteiger partial charge in [-0.2, -0.15) is 0 Å². The highest BCUT2D eigenvalue weighted by atomic mass is 32.2. The summed E-state index contributed by atoms with van der Waals surface area (Å²) in [6.45, 7) is 1.90. The number of fused-ring (bicyclic) bond motifs is 1. The van der Waals surface area contributed by atoms with Crippen molar-refractivity contribution in [1.82, 2.24) is 0 Å². The molecule has 0 atom stereocenters. The third-order valence-corrected chi connectivity index (χ3v) is 7.89. The highest BCUT2D eigenvalue weighted by molar-refractivity contribution is 7.93. The van der Waals surface area contributed by atoms with Gasteiger partial charge in [-0.15, -0.1) is 0 Å². The Morgan fingerprint density at radius 2 is 1.69 bits per heavy atom. The molecule has 0 unspecified atom stereocenters. The molecule has 0 aliphatic carbocycles. The molecular weight excluding hydrogens is 466 g/mol. The first-order valence-corrected chi connectivity index (χ1v) is 12.9. The predicted octanol–water partition coefficient (Wildman–Crippen LogP) is 4.44. The van der Waals surface area contributed by atoms with Gasteiger partial charge in [0.25, 0.3) is 10.0 Å². The molecule has 7 nitrogen and oxygen atoms in total. The van der Waals surface area contributed by atoms with E-state index in [2.05, 4.69) is 0 Å². The van der Waals surface area contributed by atoms with Gasteiger partial charge in [-0.05, 0) is 54.7 Å². The minimum Gasteiger partial charge on any atom is -0.495 e. The minimum absolute atomic E-state index is 0.0174. The van der Waals surface area contributed by atoms with Crippen molar-refractivity contribution < 1.29 is 27.5 Å². The minimum atomic E-state index is -4.02. The Labute approximate surface area is 205 Å². The van der Waals surface area contributed by atoms with Gasteiger partial charge in [0.2, 0.25) is 0 Å². The van der Waals surface area contributed by atoms with Gasteiger partial charge >= 0.3 is 5.97 Å². The first kappa shape index (κ1) is 24.5. The molecule has 0 radical (unpaired) electrons. The number of ether oxygens (including phenoxy) is 2. The number of aryl methyl sites for hydroxylation is 2. The fraction of sp³-hybridized carbons (Fsp3) is 0.259. The summed E-state index contributed by atoms with van der Waals surface area (Å²) in [6.07, 6.45) is 2.33. The number of esters is 1. The molecule has 0 fully saturated rings. The maximum absolute atomic E-state index is 13.6. The SMILES string of the molecule is CCc1ccc(C(=O)COC(=O)c2ccc(OC)c(S(=O)(=O)N3CCCc4ccccc43)c2)cc1. The van der Waals surface area contributed by atoms with Gasteiger partial charge in [-0.3, -0.25) is 9.10 Å². The molecular formula is C27H27NO6S. The van der Waals surface area contributed by atoms with E-state index in [9.17, 15) is 18.0 Å². The van der Waals surface area contributed by atoms with E-state index < -0.39 is 22.6 Å². The Balaban J connectivity index is 1.57. The van der Waals surface area contributed by atoms with Crippen LogP contribution in [-0.4, -0.2) is 40.4 Å². The van der Waals surface area contributed by atoms with Gasteiger partial charge in [0.15, 0.2) is 12.4 Å². The molecule has 3 aromatic rings. The second-order valence-corrected chi connectivity index (χ2v) is 10.1. The smallest absolute Gasteiger partial charge is 0.338 e. The normalized spacial score (nSPS) is 13.1. The van der Waals surface area contributed by atoms with Gasteiger partial charge < -0.3 is 9.47 Å². The van der Waals surface area contributed by atoms with Crippen LogP contribution in [0, 0.1) is 0 Å². The number of ketones is 1. The molecule has 35 heavy (non-hydrogen) atoms. The Hall–Kier alpha value is -3.65. The van der Waals surface area contributed by atoms with Crippen LogP contribution in [0.1, 0.15) is 45.2 Å². The number of sulfonamides is 1. The van der Waals surface area contributed by atoms with Crippen molar-refractivity contribution in [2.45, 2.75) is 31.1 Å². The van der Waals surface area contributed by atoms with Crippen molar-refractivity contribution in [1.29, 1.82) is 0 Å². The fourth-order valence-electron chi connectivity index (χ4n) is 4.10. The van der Waals surface area contributed by atoms with Gasteiger partial charge in [-0.1, -0.05) is 49.4 Å². The van der Waals surface area contributed by atoms with Gasteiger partial charge in [0, 0.05) is 12.1 Å². The molecule has 0 saturated carbocycles. The standard InChI is InChI=1S/C27H27NO6S/c1-3-19-10-12-21(13-11-19)24(29)18-34-27(30)22-14-15-25(33-2)26(17-22)35(31,32)28-16-6-8-20-7-4-5-9-23(20)28/h4-5,7,9-15,17H,3,6,8,16,18H2,1-2H3. The van der Waals surface area contributed by atoms with Crippen molar-refractivity contribution in [2.24, 2.45) is 0 Å². The van der Waals surface area contributed by atoms with Crippen LogP contribution < -0.4 is 9.04 Å². The summed E-state index contributed by atoms with van der Waals surface area (Å²) in [6, 6.07) is 18.6. The molecule has 0 aromatic heterocycles. The number of nitrogens with zero attached hydrogens (tertiary/aromatic N) is 1. The molecule has 1 aliphatic rings. The topological polar surface area (TPSA) is 90.0 Å². The number of hydrogen-bond donors (Lipinski definition) is 0. The molecule has 3 aromatic carbocycles. The second kappa shape index (κ2) is 10.3. The van der Waals surface area contributed by atoms with Crippen molar-refractivity contribution in [3.05, 3.63) is 89.0 Å². The largest absolute Gasteiger partial charge is 0.495 e. The van der Waals surface area contributed by atoms with E-state index in [1.165, 1.54) is 29.6 Å². The Kier molecular flexibility index (Phi) is 7.21.